The maximum atomic E-state index is 15.5. The lowest BCUT2D eigenvalue weighted by Crippen LogP contribution is -2.60. The Hall–Kier alpha value is -13.7. The van der Waals surface area contributed by atoms with Crippen molar-refractivity contribution in [3.63, 3.8) is 0 Å². The minimum Gasteiger partial charge on any atom is -0.481 e. The summed E-state index contributed by atoms with van der Waals surface area (Å²) in [6.07, 6.45) is 0.477. The molecule has 40 heteroatoms. The molecule has 0 saturated heterocycles. The number of unbranched alkanes of at least 4 members (excludes halogenated alkanes) is 3. The van der Waals surface area contributed by atoms with E-state index in [0.29, 0.717) is 42.5 Å². The molecule has 0 radical (unpaired) electrons. The van der Waals surface area contributed by atoms with E-state index in [2.05, 4.69) is 69.1 Å². The molecule has 38 nitrogen and oxygen atoms in total. The summed E-state index contributed by atoms with van der Waals surface area (Å²) in [4.78, 5) is 155. The first kappa shape index (κ1) is 98.4. The number of carboxylic acid groups (broad SMARTS) is 2. The number of nitrogens with two attached hydrogens (primary N) is 4. The predicted molar refractivity (Wildman–Crippen MR) is 466 cm³/mol. The van der Waals surface area contributed by atoms with Gasteiger partial charge in [0, 0.05) is 63.1 Å². The zero-order chi connectivity index (χ0) is 91.0. The van der Waals surface area contributed by atoms with Crippen LogP contribution in [0, 0.1) is 10.8 Å². The van der Waals surface area contributed by atoms with Crippen LogP contribution >= 0.6 is 0 Å². The highest BCUT2D eigenvalue weighted by molar-refractivity contribution is 7.89. The zero-order valence-electron chi connectivity index (χ0n) is 69.1. The average molecular weight is 1770 g/mol. The monoisotopic (exact) mass is 1760 g/mol. The van der Waals surface area contributed by atoms with Crippen molar-refractivity contribution in [2.45, 2.75) is 162 Å². The van der Waals surface area contributed by atoms with Crippen LogP contribution in [-0.2, 0) is 82.5 Å². The summed E-state index contributed by atoms with van der Waals surface area (Å²) in [5.41, 5.74) is 12.1. The van der Waals surface area contributed by atoms with Crippen LogP contribution in [0.2, 0.25) is 0 Å². The number of aliphatic carboxylic acids is 2. The van der Waals surface area contributed by atoms with Gasteiger partial charge in [-0.3, -0.25) is 58.8 Å². The largest absolute Gasteiger partial charge is 0.481 e. The summed E-state index contributed by atoms with van der Waals surface area (Å²) in [5, 5.41) is 80.8. The molecule has 1 unspecified atom stereocenters. The molecule has 7 aromatic carbocycles. The lowest BCUT2D eigenvalue weighted by Gasteiger charge is -2.28. The van der Waals surface area contributed by atoms with E-state index in [9.17, 15) is 55.8 Å². The first-order chi connectivity index (χ1) is 59.7. The van der Waals surface area contributed by atoms with Gasteiger partial charge in [0.2, 0.25) is 61.4 Å². The second-order valence-electron chi connectivity index (χ2n) is 29.1. The van der Waals surface area contributed by atoms with Crippen LogP contribution in [0.25, 0.3) is 0 Å². The number of rotatable bonds is 53. The molecule has 0 bridgehead atoms. The lowest BCUT2D eigenvalue weighted by molar-refractivity contribution is -0.143. The number of hydrogen-bond donors (Lipinski definition) is 21. The number of carbonyl (C=O) groups is 11. The molecule has 125 heavy (non-hydrogen) atoms. The Morgan fingerprint density at radius 3 is 1.13 bits per heavy atom. The molecular formula is C85H109N19O19S2. The first-order valence-electron chi connectivity index (χ1n) is 40.4. The Kier molecular flexibility index (Phi) is 39.4. The topological polar surface area (TPSA) is 623 Å². The van der Waals surface area contributed by atoms with Crippen LogP contribution in [0.3, 0.4) is 0 Å². The van der Waals surface area contributed by atoms with Gasteiger partial charge in [-0.05, 0) is 123 Å². The third-order valence-corrected chi connectivity index (χ3v) is 20.9. The normalized spacial score (nSPS) is 12.8. The van der Waals surface area contributed by atoms with Crippen molar-refractivity contribution >= 4 is 108 Å². The van der Waals surface area contributed by atoms with E-state index in [0.717, 1.165) is 18.6 Å². The van der Waals surface area contributed by atoms with Gasteiger partial charge < -0.3 is 100 Å². The van der Waals surface area contributed by atoms with Gasteiger partial charge in [-0.2, -0.15) is 0 Å². The highest BCUT2D eigenvalue weighted by Crippen LogP contribution is 2.39. The van der Waals surface area contributed by atoms with Gasteiger partial charge in [-0.25, -0.2) is 31.9 Å². The van der Waals surface area contributed by atoms with Gasteiger partial charge >= 0.3 is 11.9 Å². The van der Waals surface area contributed by atoms with Crippen LogP contribution in [0.4, 0.5) is 11.4 Å². The number of primary sulfonamides is 2. The molecule has 9 amide bonds. The third-order valence-electron chi connectivity index (χ3n) is 19.1. The molecule has 7 atom stereocenters. The third kappa shape index (κ3) is 33.9. The van der Waals surface area contributed by atoms with E-state index in [1.165, 1.54) is 12.1 Å². The van der Waals surface area contributed by atoms with Crippen LogP contribution in [0.5, 0.6) is 23.0 Å². The summed E-state index contributed by atoms with van der Waals surface area (Å²) in [7, 11) is -9.25. The fourth-order valence-corrected chi connectivity index (χ4v) is 14.1. The molecule has 0 saturated carbocycles. The van der Waals surface area contributed by atoms with Gasteiger partial charge in [0.1, 0.15) is 63.6 Å². The van der Waals surface area contributed by atoms with E-state index in [1.807, 2.05) is 13.8 Å². The molecule has 25 N–H and O–H groups in total. The van der Waals surface area contributed by atoms with Crippen LogP contribution in [0.15, 0.2) is 186 Å². The average Bonchev–Trinajstić information content (AvgIpc) is 0.788. The fraction of sp³-hybridized carbons (Fsp3) is 0.353. The highest BCUT2D eigenvalue weighted by atomic mass is 32.2. The van der Waals surface area contributed by atoms with Crippen molar-refractivity contribution in [2.24, 2.45) is 21.7 Å². The second kappa shape index (κ2) is 50.0. The second-order valence-corrected chi connectivity index (χ2v) is 32.1. The number of hydrogen-bond acceptors (Lipinski definition) is 21. The number of carboxylic acids is 2. The molecular weight excluding hydrogens is 1660 g/mol. The van der Waals surface area contributed by atoms with E-state index >= 15 is 24.0 Å². The van der Waals surface area contributed by atoms with Gasteiger partial charge in [-0.15, -0.1) is 0 Å². The molecule has 7 aromatic rings. The van der Waals surface area contributed by atoms with E-state index in [-0.39, 0.29) is 142 Å². The standard InChI is InChI=1S/C85H109N19O19S2/c1-3-5-39-92-63-47-56(49-69(124(90,118)119)73(63)122-58-32-18-10-19-33-58)75(108)94-41-23-22-36-61(99-76(109)57-48-64(93-40-6-4-2)74(70(50-57)125(91,120)121)123-59-34-20-11-21-35-59)78(111)102-66(45-54-28-14-8-15-29-54)80(113)104-67(46-55-30-16-9-17-31-55)81(114)103-65(44-53-26-12-7-13-27-53)79(112)100-60(37-24-42-95-84(86)87)77(110)97-52-71(105)98-68(51-72(106)107)82(115)101-62(83(116)117)38-25-43-96-85(88)89/h7-21,26-35,47-50,60-62,65-68,92-93H,3-6,22-25,36-46,51-52H2,1-2H3,(H,94,108)(H,97,110)(H,98,105)(H,99,109)(H,100,112)(H,101,115)(H,102,111)(H,103,114)(H,104,113)(H,106,107)(H,116,117)(H4,86,87,95)(H4,88,89,96)(H2,90,118,119)(H2,91,120,121)/t60-,61?,62-,65-,66-,67-,68-/m0/s1. The summed E-state index contributed by atoms with van der Waals surface area (Å²) in [6, 6.07) is 35.0. The maximum Gasteiger partial charge on any atom is 0.326 e. The molecule has 0 spiro atoms. The number of amides is 9. The number of anilines is 2. The quantitative estimate of drug-likeness (QED) is 0.0147. The number of carbonyl (C=O) groups excluding carboxylic acids is 9. The van der Waals surface area contributed by atoms with Gasteiger partial charge in [0.25, 0.3) is 11.8 Å². The smallest absolute Gasteiger partial charge is 0.326 e. The fourth-order valence-electron chi connectivity index (χ4n) is 12.7. The first-order valence-corrected chi connectivity index (χ1v) is 43.5. The number of sulfonamides is 2. The Morgan fingerprint density at radius 2 is 0.736 bits per heavy atom. The van der Waals surface area contributed by atoms with Gasteiger partial charge in [0.05, 0.1) is 24.3 Å². The van der Waals surface area contributed by atoms with E-state index < -0.39 is 156 Å². The molecule has 670 valence electrons. The summed E-state index contributed by atoms with van der Waals surface area (Å²) in [5.74, 6) is -12.7. The highest BCUT2D eigenvalue weighted by Gasteiger charge is 2.36. The maximum absolute atomic E-state index is 15.5. The summed E-state index contributed by atoms with van der Waals surface area (Å²) in [6.45, 7) is 3.52. The number of nitrogens with one attached hydrogen (secondary N) is 15. The Bertz CT molecular complexity index is 5090. The van der Waals surface area contributed by atoms with E-state index in [1.54, 1.807) is 152 Å². The van der Waals surface area contributed by atoms with E-state index in [4.69, 9.17) is 42.0 Å². The minimum absolute atomic E-state index is 0.0128. The molecule has 0 aliphatic carbocycles. The molecule has 7 rings (SSSR count). The molecule has 0 fully saturated rings. The zero-order valence-corrected chi connectivity index (χ0v) is 70.7. The number of benzene rings is 7. The molecule has 0 aliphatic rings. The van der Waals surface area contributed by atoms with Gasteiger partial charge in [-0.1, -0.05) is 154 Å². The van der Waals surface area contributed by atoms with Crippen molar-refractivity contribution in [2.75, 3.05) is 49.9 Å². The van der Waals surface area contributed by atoms with Crippen molar-refractivity contribution in [3.05, 3.63) is 204 Å². The number of guanidine groups is 2. The van der Waals surface area contributed by atoms with Crippen LogP contribution in [-0.4, -0.2) is 186 Å². The molecule has 0 aliphatic heterocycles. The Balaban J connectivity index is 1.20. The Labute approximate surface area is 723 Å². The van der Waals surface area contributed by atoms with Crippen molar-refractivity contribution in [3.8, 4) is 23.0 Å². The van der Waals surface area contributed by atoms with Crippen molar-refractivity contribution in [1.29, 1.82) is 10.8 Å². The minimum atomic E-state index is -4.71. The van der Waals surface area contributed by atoms with Crippen molar-refractivity contribution < 1.29 is 89.3 Å². The SMILES string of the molecule is CCCCNc1cc(C(=O)NCCCCC(NC(=O)c2cc(NCCCC)c(Oc3ccccc3)c(S(N)(=O)=O)c2)C(=O)N[C@@H](Cc2ccccc2)C(=O)N[C@@H](Cc2ccccc2)C(=O)N[C@@H](Cc2ccccc2)C(=O)N[C@@H](CCCNC(=N)N)C(=O)NCC(=O)N[C@@H](CC(=O)O)C(=O)N[C@@H](CCCNC(=N)N)C(=O)O)cc(S(N)(=O)=O)c1Oc1ccccc1. The number of ether oxygens (including phenoxy) is 2. The van der Waals surface area contributed by atoms with Crippen LogP contribution in [0.1, 0.15) is 128 Å². The predicted octanol–water partition coefficient (Wildman–Crippen LogP) is 3.53. The molecule has 0 aromatic heterocycles. The van der Waals surface area contributed by atoms with Gasteiger partial charge in [0.15, 0.2) is 23.4 Å². The lowest BCUT2D eigenvalue weighted by atomic mass is 10.00. The Morgan fingerprint density at radius 1 is 0.384 bits per heavy atom. The van der Waals surface area contributed by atoms with Crippen molar-refractivity contribution in [1.82, 2.24) is 58.5 Å². The summed E-state index contributed by atoms with van der Waals surface area (Å²) >= 11 is 0. The summed E-state index contributed by atoms with van der Waals surface area (Å²) < 4.78 is 66.0. The molecule has 0 heterocycles. The van der Waals surface area contributed by atoms with Crippen LogP contribution < -0.4 is 100 Å². The number of para-hydroxylation sites is 2.